The Morgan fingerprint density at radius 2 is 1.89 bits per heavy atom. The molecular weight excluding hydrogens is 394 g/mol. The van der Waals surface area contributed by atoms with Crippen LogP contribution in [0, 0.1) is 5.82 Å². The van der Waals surface area contributed by atoms with Crippen molar-refractivity contribution in [3.8, 4) is 5.75 Å². The van der Waals surface area contributed by atoms with E-state index in [2.05, 4.69) is 20.5 Å². The summed E-state index contributed by atoms with van der Waals surface area (Å²) in [6, 6.07) is 1.24. The lowest BCUT2D eigenvalue weighted by atomic mass is 10.2. The molecule has 0 saturated heterocycles. The predicted octanol–water partition coefficient (Wildman–Crippen LogP) is 2.59. The molecule has 2 aromatic heterocycles. The van der Waals surface area contributed by atoms with Crippen molar-refractivity contribution in [2.45, 2.75) is 26.1 Å². The molecule has 0 radical (unpaired) electrons. The Balaban J connectivity index is 2.49. The van der Waals surface area contributed by atoms with Crippen LogP contribution in [0.15, 0.2) is 12.1 Å². The van der Waals surface area contributed by atoms with Crippen LogP contribution < -0.4 is 9.50 Å². The highest BCUT2D eigenvalue weighted by atomic mass is 32.2. The standard InChI is InChI=1S/C14H13F4N5O3S/c1-6(2)19-11-12-21-22-13(14(16,17)18)23(12)8-4-7(15)5-9(10(8)20-11)26-27(3,24)25/h4-6H,1-3H3,(H,19,20). The van der Waals surface area contributed by atoms with Gasteiger partial charge in [0.1, 0.15) is 11.3 Å². The van der Waals surface area contributed by atoms with Gasteiger partial charge in [0, 0.05) is 18.2 Å². The largest absolute Gasteiger partial charge is 0.452 e. The molecule has 0 aliphatic rings. The first-order valence-electron chi connectivity index (χ1n) is 7.48. The molecule has 8 nitrogen and oxygen atoms in total. The third-order valence-corrected chi connectivity index (χ3v) is 3.76. The number of nitrogens with one attached hydrogen (secondary N) is 1. The second-order valence-electron chi connectivity index (χ2n) is 6.00. The van der Waals surface area contributed by atoms with Crippen LogP contribution in [-0.2, 0) is 16.3 Å². The van der Waals surface area contributed by atoms with Gasteiger partial charge in [-0.3, -0.25) is 4.40 Å². The van der Waals surface area contributed by atoms with Crippen LogP contribution in [0.5, 0.6) is 5.75 Å². The first-order chi connectivity index (χ1) is 12.4. The molecule has 0 unspecified atom stereocenters. The van der Waals surface area contributed by atoms with Gasteiger partial charge in [-0.1, -0.05) is 0 Å². The number of fused-ring (bicyclic) bond motifs is 3. The zero-order chi connectivity index (χ0) is 20.1. The Labute approximate surface area is 150 Å². The smallest absolute Gasteiger partial charge is 0.380 e. The topological polar surface area (TPSA) is 98.5 Å². The molecule has 146 valence electrons. The molecule has 1 aromatic carbocycles. The zero-order valence-electron chi connectivity index (χ0n) is 14.2. The number of anilines is 1. The van der Waals surface area contributed by atoms with E-state index in [0.717, 1.165) is 18.4 Å². The first-order valence-corrected chi connectivity index (χ1v) is 9.30. The lowest BCUT2D eigenvalue weighted by molar-refractivity contribution is -0.145. The summed E-state index contributed by atoms with van der Waals surface area (Å²) in [6.45, 7) is 3.42. The molecule has 1 N–H and O–H groups in total. The molecule has 13 heteroatoms. The van der Waals surface area contributed by atoms with Gasteiger partial charge >= 0.3 is 16.3 Å². The summed E-state index contributed by atoms with van der Waals surface area (Å²) in [4.78, 5) is 4.11. The number of alkyl halides is 3. The van der Waals surface area contributed by atoms with Gasteiger partial charge in [-0.2, -0.15) is 21.6 Å². The summed E-state index contributed by atoms with van der Waals surface area (Å²) in [5.74, 6) is -3.07. The minimum atomic E-state index is -4.90. The van der Waals surface area contributed by atoms with E-state index in [1.54, 1.807) is 13.8 Å². The molecule has 0 aliphatic heterocycles. The maximum absolute atomic E-state index is 14.0. The quantitative estimate of drug-likeness (QED) is 0.524. The summed E-state index contributed by atoms with van der Waals surface area (Å²) >= 11 is 0. The Morgan fingerprint density at radius 1 is 1.22 bits per heavy atom. The molecule has 2 heterocycles. The highest BCUT2D eigenvalue weighted by Gasteiger charge is 2.38. The summed E-state index contributed by atoms with van der Waals surface area (Å²) in [5, 5.41) is 9.46. The number of benzene rings is 1. The highest BCUT2D eigenvalue weighted by Crippen LogP contribution is 2.35. The lowest BCUT2D eigenvalue weighted by Gasteiger charge is -2.15. The summed E-state index contributed by atoms with van der Waals surface area (Å²) in [7, 11) is -4.09. The van der Waals surface area contributed by atoms with Gasteiger partial charge < -0.3 is 9.50 Å². The molecule has 0 saturated carbocycles. The molecule has 0 bridgehead atoms. The summed E-state index contributed by atoms with van der Waals surface area (Å²) in [5.41, 5.74) is -0.988. The average Bonchev–Trinajstić information content (AvgIpc) is 2.91. The fourth-order valence-electron chi connectivity index (χ4n) is 2.45. The molecule has 0 fully saturated rings. The number of rotatable bonds is 4. The van der Waals surface area contributed by atoms with E-state index in [1.165, 1.54) is 0 Å². The normalized spacial score (nSPS) is 12.9. The first kappa shape index (κ1) is 19.1. The molecule has 27 heavy (non-hydrogen) atoms. The van der Waals surface area contributed by atoms with Crippen LogP contribution in [0.2, 0.25) is 0 Å². The lowest BCUT2D eigenvalue weighted by Crippen LogP contribution is -2.16. The van der Waals surface area contributed by atoms with Crippen molar-refractivity contribution in [1.82, 2.24) is 19.6 Å². The van der Waals surface area contributed by atoms with Crippen molar-refractivity contribution in [3.05, 3.63) is 23.8 Å². The Kier molecular flexibility index (Phi) is 4.37. The molecule has 3 rings (SSSR count). The van der Waals surface area contributed by atoms with Crippen molar-refractivity contribution in [2.24, 2.45) is 0 Å². The van der Waals surface area contributed by atoms with E-state index in [0.29, 0.717) is 4.40 Å². The van der Waals surface area contributed by atoms with Crippen LogP contribution in [0.3, 0.4) is 0 Å². The van der Waals surface area contributed by atoms with Gasteiger partial charge in [0.25, 0.3) is 0 Å². The minimum absolute atomic E-state index is 0.0922. The van der Waals surface area contributed by atoms with E-state index >= 15 is 0 Å². The molecule has 0 atom stereocenters. The van der Waals surface area contributed by atoms with Crippen molar-refractivity contribution in [1.29, 1.82) is 0 Å². The van der Waals surface area contributed by atoms with E-state index in [4.69, 9.17) is 4.18 Å². The van der Waals surface area contributed by atoms with E-state index in [-0.39, 0.29) is 23.0 Å². The van der Waals surface area contributed by atoms with E-state index < -0.39 is 39.2 Å². The second-order valence-corrected chi connectivity index (χ2v) is 7.57. The molecule has 3 aromatic rings. The zero-order valence-corrected chi connectivity index (χ0v) is 15.0. The SMILES string of the molecule is CC(C)Nc1nc2c(OS(C)(=O)=O)cc(F)cc2n2c(C(F)(F)F)nnc12. The van der Waals surface area contributed by atoms with Crippen molar-refractivity contribution in [2.75, 3.05) is 11.6 Å². The molecule has 0 amide bonds. The van der Waals surface area contributed by atoms with Crippen LogP contribution in [0.25, 0.3) is 16.7 Å². The number of hydrogen-bond donors (Lipinski definition) is 1. The molecule has 0 spiro atoms. The summed E-state index contributed by atoms with van der Waals surface area (Å²) in [6.07, 6.45) is -4.18. The minimum Gasteiger partial charge on any atom is -0.380 e. The second kappa shape index (κ2) is 6.18. The van der Waals surface area contributed by atoms with E-state index in [1.807, 2.05) is 0 Å². The van der Waals surface area contributed by atoms with Crippen LogP contribution in [0.4, 0.5) is 23.4 Å². The van der Waals surface area contributed by atoms with Crippen molar-refractivity contribution in [3.63, 3.8) is 0 Å². The van der Waals surface area contributed by atoms with Gasteiger partial charge in [-0.25, -0.2) is 9.37 Å². The van der Waals surface area contributed by atoms with Gasteiger partial charge in [0.15, 0.2) is 11.6 Å². The maximum atomic E-state index is 14.0. The van der Waals surface area contributed by atoms with Crippen LogP contribution >= 0.6 is 0 Å². The van der Waals surface area contributed by atoms with Crippen LogP contribution in [-0.4, -0.2) is 40.3 Å². The number of halogens is 4. The monoisotopic (exact) mass is 407 g/mol. The predicted molar refractivity (Wildman–Crippen MR) is 87.5 cm³/mol. The van der Waals surface area contributed by atoms with Crippen molar-refractivity contribution >= 4 is 32.6 Å². The maximum Gasteiger partial charge on any atom is 0.452 e. The number of nitrogens with zero attached hydrogens (tertiary/aromatic N) is 4. The van der Waals surface area contributed by atoms with Gasteiger partial charge in [0.05, 0.1) is 11.8 Å². The molecular formula is C14H13F4N5O3S. The van der Waals surface area contributed by atoms with E-state index in [9.17, 15) is 26.0 Å². The number of aromatic nitrogens is 4. The average molecular weight is 407 g/mol. The molecule has 0 aliphatic carbocycles. The third kappa shape index (κ3) is 3.72. The van der Waals surface area contributed by atoms with Crippen molar-refractivity contribution < 1.29 is 30.2 Å². The fourth-order valence-corrected chi connectivity index (χ4v) is 2.90. The highest BCUT2D eigenvalue weighted by molar-refractivity contribution is 7.86. The van der Waals surface area contributed by atoms with Crippen LogP contribution in [0.1, 0.15) is 19.7 Å². The Hall–Kier alpha value is -2.70. The summed E-state index contributed by atoms with van der Waals surface area (Å²) < 4.78 is 82.3. The van der Waals surface area contributed by atoms with Gasteiger partial charge in [0.2, 0.25) is 11.5 Å². The van der Waals surface area contributed by atoms with Gasteiger partial charge in [-0.15, -0.1) is 10.2 Å². The number of hydrogen-bond acceptors (Lipinski definition) is 7. The fraction of sp³-hybridized carbons (Fsp3) is 0.357. The Bertz CT molecular complexity index is 1140. The Morgan fingerprint density at radius 3 is 2.44 bits per heavy atom. The third-order valence-electron chi connectivity index (χ3n) is 3.28. The van der Waals surface area contributed by atoms with Gasteiger partial charge in [-0.05, 0) is 13.8 Å².